The van der Waals surface area contributed by atoms with Crippen molar-refractivity contribution in [2.24, 2.45) is 0 Å². The first-order valence-electron chi connectivity index (χ1n) is 8.24. The third-order valence-electron chi connectivity index (χ3n) is 4.36. The van der Waals surface area contributed by atoms with Crippen LogP contribution >= 0.6 is 23.5 Å². The van der Waals surface area contributed by atoms with Crippen LogP contribution in [0.3, 0.4) is 0 Å². The van der Waals surface area contributed by atoms with Crippen LogP contribution in [-0.4, -0.2) is 39.4 Å². The van der Waals surface area contributed by atoms with Crippen LogP contribution in [0.1, 0.15) is 43.7 Å². The Morgan fingerprint density at radius 2 is 1.95 bits per heavy atom. The molecule has 1 amide bonds. The maximum atomic E-state index is 12.9. The Bertz CT molecular complexity index is 504. The van der Waals surface area contributed by atoms with E-state index in [0.717, 1.165) is 18.1 Å². The number of rotatable bonds is 5. The highest BCUT2D eigenvalue weighted by Crippen LogP contribution is 2.33. The average molecular weight is 336 g/mol. The van der Waals surface area contributed by atoms with Crippen LogP contribution in [0, 0.1) is 0 Å². The summed E-state index contributed by atoms with van der Waals surface area (Å²) in [7, 11) is 0. The van der Waals surface area contributed by atoms with E-state index in [1.807, 2.05) is 23.5 Å². The van der Waals surface area contributed by atoms with Crippen LogP contribution in [0.5, 0.6) is 0 Å². The Hall–Kier alpha value is -0.610. The molecule has 1 saturated carbocycles. The molecule has 2 aliphatic rings. The van der Waals surface area contributed by atoms with Crippen molar-refractivity contribution >= 4 is 29.4 Å². The molecule has 1 unspecified atom stereocenters. The third kappa shape index (κ3) is 4.02. The van der Waals surface area contributed by atoms with Gasteiger partial charge in [0.1, 0.15) is 0 Å². The van der Waals surface area contributed by atoms with Crippen molar-refractivity contribution in [3.8, 4) is 0 Å². The molecule has 1 heterocycles. The van der Waals surface area contributed by atoms with Crippen molar-refractivity contribution in [2.75, 3.05) is 17.3 Å². The van der Waals surface area contributed by atoms with Gasteiger partial charge in [0.15, 0.2) is 0 Å². The molecule has 1 saturated heterocycles. The van der Waals surface area contributed by atoms with Crippen LogP contribution in [0.2, 0.25) is 0 Å². The number of nitrogens with zero attached hydrogens (tertiary/aromatic N) is 1. The Balaban J connectivity index is 1.67. The average Bonchev–Trinajstić information content (AvgIpc) is 3.38. The van der Waals surface area contributed by atoms with Crippen LogP contribution in [0.25, 0.3) is 0 Å². The van der Waals surface area contributed by atoms with E-state index in [4.69, 9.17) is 0 Å². The quantitative estimate of drug-likeness (QED) is 0.806. The van der Waals surface area contributed by atoms with E-state index in [1.54, 1.807) is 0 Å². The maximum Gasteiger partial charge on any atom is 0.237 e. The highest BCUT2D eigenvalue weighted by Gasteiger charge is 2.36. The van der Waals surface area contributed by atoms with E-state index in [2.05, 4.69) is 43.0 Å². The number of benzene rings is 1. The van der Waals surface area contributed by atoms with Gasteiger partial charge in [-0.2, -0.15) is 11.8 Å². The van der Waals surface area contributed by atoms with E-state index in [1.165, 1.54) is 29.7 Å². The summed E-state index contributed by atoms with van der Waals surface area (Å²) < 4.78 is 0. The molecule has 0 spiro atoms. The van der Waals surface area contributed by atoms with Crippen LogP contribution in [0.15, 0.2) is 24.3 Å². The molecule has 0 N–H and O–H groups in total. The number of hydrogen-bond acceptors (Lipinski definition) is 3. The fourth-order valence-corrected chi connectivity index (χ4v) is 5.41. The summed E-state index contributed by atoms with van der Waals surface area (Å²) >= 11 is 3.77. The molecule has 1 aliphatic carbocycles. The summed E-state index contributed by atoms with van der Waals surface area (Å²) in [5.74, 6) is 4.22. The molecule has 1 aliphatic heterocycles. The van der Waals surface area contributed by atoms with Gasteiger partial charge in [0.2, 0.25) is 5.91 Å². The molecule has 22 heavy (non-hydrogen) atoms. The zero-order valence-electron chi connectivity index (χ0n) is 13.5. The van der Waals surface area contributed by atoms with E-state index in [0.29, 0.717) is 17.9 Å². The maximum absolute atomic E-state index is 12.9. The van der Waals surface area contributed by atoms with Gasteiger partial charge in [0, 0.05) is 29.8 Å². The smallest absolute Gasteiger partial charge is 0.237 e. The second-order valence-corrected chi connectivity index (χ2v) is 8.99. The van der Waals surface area contributed by atoms with Gasteiger partial charge in [0.25, 0.3) is 0 Å². The lowest BCUT2D eigenvalue weighted by Gasteiger charge is -2.29. The number of hydrogen-bond donors (Lipinski definition) is 0. The Morgan fingerprint density at radius 1 is 1.23 bits per heavy atom. The van der Waals surface area contributed by atoms with Gasteiger partial charge in [-0.3, -0.25) is 4.79 Å². The Labute approximate surface area is 142 Å². The van der Waals surface area contributed by atoms with Crippen molar-refractivity contribution in [1.82, 2.24) is 4.90 Å². The first-order chi connectivity index (χ1) is 10.6. The van der Waals surface area contributed by atoms with Crippen molar-refractivity contribution in [2.45, 2.75) is 50.4 Å². The van der Waals surface area contributed by atoms with Crippen molar-refractivity contribution in [1.29, 1.82) is 0 Å². The van der Waals surface area contributed by atoms with Gasteiger partial charge in [-0.1, -0.05) is 38.1 Å². The predicted octanol–water partition coefficient (Wildman–Crippen LogP) is 4.15. The first kappa shape index (κ1) is 16.3. The van der Waals surface area contributed by atoms with Crippen molar-refractivity contribution in [3.05, 3.63) is 35.4 Å². The fraction of sp³-hybridized carbons (Fsp3) is 0.611. The second-order valence-electron chi connectivity index (χ2n) is 6.53. The topological polar surface area (TPSA) is 20.3 Å². The lowest BCUT2D eigenvalue weighted by Crippen LogP contribution is -2.41. The monoisotopic (exact) mass is 335 g/mol. The van der Waals surface area contributed by atoms with Crippen molar-refractivity contribution < 1.29 is 4.79 Å². The highest BCUT2D eigenvalue weighted by molar-refractivity contribution is 8.07. The van der Waals surface area contributed by atoms with Crippen LogP contribution < -0.4 is 0 Å². The van der Waals surface area contributed by atoms with Crippen LogP contribution in [-0.2, 0) is 11.3 Å². The standard InChI is InChI=1S/C18H25NOS2/c1-13(2)15-5-3-14(4-6-15)11-19(16-7-8-16)18(20)17-12-21-9-10-22-17/h3-6,13,16-17H,7-12H2,1-2H3. The van der Waals surface area contributed by atoms with Crippen molar-refractivity contribution in [3.63, 3.8) is 0 Å². The molecule has 1 atom stereocenters. The van der Waals surface area contributed by atoms with E-state index < -0.39 is 0 Å². The van der Waals surface area contributed by atoms with Gasteiger partial charge in [-0.15, -0.1) is 11.8 Å². The van der Waals surface area contributed by atoms with Gasteiger partial charge in [-0.25, -0.2) is 0 Å². The molecule has 2 fully saturated rings. The summed E-state index contributed by atoms with van der Waals surface area (Å²) in [6.07, 6.45) is 2.36. The molecule has 1 aromatic carbocycles. The minimum absolute atomic E-state index is 0.175. The second kappa shape index (κ2) is 7.31. The zero-order chi connectivity index (χ0) is 15.5. The van der Waals surface area contributed by atoms with Crippen LogP contribution in [0.4, 0.5) is 0 Å². The molecule has 4 heteroatoms. The number of thioether (sulfide) groups is 2. The summed E-state index contributed by atoms with van der Waals surface area (Å²) in [6.45, 7) is 5.21. The zero-order valence-corrected chi connectivity index (χ0v) is 15.1. The lowest BCUT2D eigenvalue weighted by atomic mass is 10.0. The molecule has 1 aromatic rings. The Morgan fingerprint density at radius 3 is 2.50 bits per heavy atom. The lowest BCUT2D eigenvalue weighted by molar-refractivity contribution is -0.131. The highest BCUT2D eigenvalue weighted by atomic mass is 32.2. The minimum Gasteiger partial charge on any atom is -0.334 e. The third-order valence-corrected chi connectivity index (χ3v) is 7.10. The predicted molar refractivity (Wildman–Crippen MR) is 97.7 cm³/mol. The summed E-state index contributed by atoms with van der Waals surface area (Å²) in [6, 6.07) is 9.30. The first-order valence-corrected chi connectivity index (χ1v) is 10.4. The molecule has 0 aromatic heterocycles. The summed E-state index contributed by atoms with van der Waals surface area (Å²) in [4.78, 5) is 15.0. The molecular weight excluding hydrogens is 310 g/mol. The van der Waals surface area contributed by atoms with Gasteiger partial charge in [-0.05, 0) is 29.9 Å². The molecule has 3 rings (SSSR count). The largest absolute Gasteiger partial charge is 0.334 e. The molecule has 120 valence electrons. The number of amides is 1. The number of carbonyl (C=O) groups excluding carboxylic acids is 1. The summed E-state index contributed by atoms with van der Waals surface area (Å²) in [5, 5.41) is 0.175. The SMILES string of the molecule is CC(C)c1ccc(CN(C(=O)C2CSCCS2)C2CC2)cc1. The summed E-state index contributed by atoms with van der Waals surface area (Å²) in [5.41, 5.74) is 2.63. The molecule has 2 nitrogen and oxygen atoms in total. The molecule has 0 bridgehead atoms. The van der Waals surface area contributed by atoms with E-state index in [-0.39, 0.29) is 5.25 Å². The van der Waals surface area contributed by atoms with E-state index >= 15 is 0 Å². The normalized spacial score (nSPS) is 21.9. The number of carbonyl (C=O) groups is 1. The Kier molecular flexibility index (Phi) is 5.40. The molecular formula is C18H25NOS2. The van der Waals surface area contributed by atoms with E-state index in [9.17, 15) is 4.79 Å². The molecule has 0 radical (unpaired) electrons. The minimum atomic E-state index is 0.175. The van der Waals surface area contributed by atoms with Gasteiger partial charge >= 0.3 is 0 Å². The fourth-order valence-electron chi connectivity index (χ4n) is 2.79. The van der Waals surface area contributed by atoms with Gasteiger partial charge in [0.05, 0.1) is 5.25 Å². The van der Waals surface area contributed by atoms with Gasteiger partial charge < -0.3 is 4.90 Å².